The van der Waals surface area contributed by atoms with E-state index < -0.39 is 0 Å². The molecule has 1 saturated heterocycles. The van der Waals surface area contributed by atoms with Crippen molar-refractivity contribution in [1.29, 1.82) is 0 Å². The molecule has 1 atom stereocenters. The number of methoxy groups -OCH3 is 1. The lowest BCUT2D eigenvalue weighted by Gasteiger charge is -2.49. The summed E-state index contributed by atoms with van der Waals surface area (Å²) >= 11 is 0. The summed E-state index contributed by atoms with van der Waals surface area (Å²) in [4.78, 5) is 17.2. The van der Waals surface area contributed by atoms with Gasteiger partial charge in [0.15, 0.2) is 0 Å². The second kappa shape index (κ2) is 7.40. The Kier molecular flexibility index (Phi) is 5.20. The number of aromatic nitrogens is 2. The minimum Gasteiger partial charge on any atom is -0.495 e. The summed E-state index contributed by atoms with van der Waals surface area (Å²) < 4.78 is 7.35. The molecule has 1 aromatic heterocycles. The molecular formula is C20H28N4O2. The maximum atomic E-state index is 12.9. The summed E-state index contributed by atoms with van der Waals surface area (Å²) in [5, 5.41) is 4.21. The van der Waals surface area contributed by atoms with Gasteiger partial charge in [0.05, 0.1) is 30.8 Å². The number of hydrogen-bond acceptors (Lipinski definition) is 4. The molecule has 0 saturated carbocycles. The average molecular weight is 356 g/mol. The lowest BCUT2D eigenvalue weighted by Crippen LogP contribution is -2.61. The molecule has 6 nitrogen and oxygen atoms in total. The van der Waals surface area contributed by atoms with Crippen molar-refractivity contribution in [2.45, 2.75) is 32.9 Å². The van der Waals surface area contributed by atoms with E-state index in [-0.39, 0.29) is 17.4 Å². The van der Waals surface area contributed by atoms with Crippen LogP contribution in [-0.2, 0) is 11.3 Å². The number of amides is 1. The highest BCUT2D eigenvalue weighted by atomic mass is 16.5. The van der Waals surface area contributed by atoms with Crippen molar-refractivity contribution in [3.63, 3.8) is 0 Å². The number of rotatable bonds is 5. The van der Waals surface area contributed by atoms with E-state index in [0.717, 1.165) is 18.0 Å². The molecule has 0 spiro atoms. The van der Waals surface area contributed by atoms with E-state index >= 15 is 0 Å². The Labute approximate surface area is 155 Å². The number of carbonyl (C=O) groups is 1. The van der Waals surface area contributed by atoms with Crippen molar-refractivity contribution in [1.82, 2.24) is 14.7 Å². The smallest absolute Gasteiger partial charge is 0.227 e. The van der Waals surface area contributed by atoms with Crippen molar-refractivity contribution in [3.05, 3.63) is 42.7 Å². The molecule has 1 amide bonds. The molecule has 6 heteroatoms. The van der Waals surface area contributed by atoms with Crippen LogP contribution in [0.2, 0.25) is 0 Å². The normalized spacial score (nSPS) is 17.8. The predicted molar refractivity (Wildman–Crippen MR) is 102 cm³/mol. The van der Waals surface area contributed by atoms with Gasteiger partial charge in [0.1, 0.15) is 5.75 Å². The van der Waals surface area contributed by atoms with E-state index in [9.17, 15) is 4.79 Å². The van der Waals surface area contributed by atoms with Crippen LogP contribution in [0.15, 0.2) is 42.7 Å². The zero-order valence-corrected chi connectivity index (χ0v) is 16.1. The summed E-state index contributed by atoms with van der Waals surface area (Å²) in [5.41, 5.74) is 0.908. The van der Waals surface area contributed by atoms with Crippen molar-refractivity contribution < 1.29 is 9.53 Å². The first-order valence-electron chi connectivity index (χ1n) is 9.09. The predicted octanol–water partition coefficient (Wildman–Crippen LogP) is 2.66. The molecule has 1 aliphatic heterocycles. The Morgan fingerprint density at radius 2 is 2.04 bits per heavy atom. The highest BCUT2D eigenvalue weighted by Gasteiger charge is 2.37. The SMILES string of the molecule is COc1ccccc1N1CCN(C(=O)[C@H](C)Cn2cccn2)CC1(C)C. The van der Waals surface area contributed by atoms with Gasteiger partial charge >= 0.3 is 0 Å². The Hall–Kier alpha value is -2.50. The second-order valence-corrected chi connectivity index (χ2v) is 7.52. The maximum Gasteiger partial charge on any atom is 0.227 e. The number of anilines is 1. The van der Waals surface area contributed by atoms with E-state index in [1.807, 2.05) is 47.0 Å². The van der Waals surface area contributed by atoms with Crippen LogP contribution in [0, 0.1) is 5.92 Å². The van der Waals surface area contributed by atoms with Crippen LogP contribution >= 0.6 is 0 Å². The lowest BCUT2D eigenvalue weighted by atomic mass is 9.96. The van der Waals surface area contributed by atoms with Gasteiger partial charge in [-0.25, -0.2) is 0 Å². The van der Waals surface area contributed by atoms with Gasteiger partial charge in [-0.1, -0.05) is 19.1 Å². The Morgan fingerprint density at radius 3 is 2.69 bits per heavy atom. The summed E-state index contributed by atoms with van der Waals surface area (Å²) in [7, 11) is 1.70. The molecule has 2 heterocycles. The van der Waals surface area contributed by atoms with Gasteiger partial charge in [0.25, 0.3) is 0 Å². The first kappa shape index (κ1) is 18.3. The number of nitrogens with zero attached hydrogens (tertiary/aromatic N) is 4. The number of benzene rings is 1. The van der Waals surface area contributed by atoms with Gasteiger partial charge < -0.3 is 14.5 Å². The Balaban J connectivity index is 1.71. The molecule has 0 radical (unpaired) electrons. The zero-order valence-electron chi connectivity index (χ0n) is 16.1. The largest absolute Gasteiger partial charge is 0.495 e. The number of ether oxygens (including phenoxy) is 1. The standard InChI is InChI=1S/C20H28N4O2/c1-16(14-23-11-7-10-21-23)19(25)22-12-13-24(20(2,3)15-22)17-8-5-6-9-18(17)26-4/h5-11,16H,12-15H2,1-4H3/t16-/m1/s1. The molecule has 1 aromatic carbocycles. The van der Waals surface area contributed by atoms with Gasteiger partial charge in [0.2, 0.25) is 5.91 Å². The quantitative estimate of drug-likeness (QED) is 0.826. The molecule has 2 aromatic rings. The highest BCUT2D eigenvalue weighted by molar-refractivity contribution is 5.79. The zero-order chi connectivity index (χ0) is 18.7. The Morgan fingerprint density at radius 1 is 1.27 bits per heavy atom. The number of carbonyl (C=O) groups excluding carboxylic acids is 1. The van der Waals surface area contributed by atoms with E-state index in [0.29, 0.717) is 19.6 Å². The summed E-state index contributed by atoms with van der Waals surface area (Å²) in [5.74, 6) is 0.962. The van der Waals surface area contributed by atoms with Crippen molar-refractivity contribution in [3.8, 4) is 5.75 Å². The molecule has 26 heavy (non-hydrogen) atoms. The first-order chi connectivity index (χ1) is 12.4. The van der Waals surface area contributed by atoms with Gasteiger partial charge in [-0.3, -0.25) is 9.48 Å². The molecule has 3 rings (SSSR count). The van der Waals surface area contributed by atoms with Crippen LogP contribution in [0.1, 0.15) is 20.8 Å². The maximum absolute atomic E-state index is 12.9. The van der Waals surface area contributed by atoms with Crippen LogP contribution in [0.25, 0.3) is 0 Å². The van der Waals surface area contributed by atoms with Crippen LogP contribution in [0.4, 0.5) is 5.69 Å². The minimum absolute atomic E-state index is 0.0940. The third-order valence-corrected chi connectivity index (χ3v) is 5.03. The second-order valence-electron chi connectivity index (χ2n) is 7.52. The van der Waals surface area contributed by atoms with Crippen LogP contribution in [-0.4, -0.2) is 52.9 Å². The molecule has 0 unspecified atom stereocenters. The van der Waals surface area contributed by atoms with E-state index in [4.69, 9.17) is 4.74 Å². The topological polar surface area (TPSA) is 50.6 Å². The monoisotopic (exact) mass is 356 g/mol. The fraction of sp³-hybridized carbons (Fsp3) is 0.500. The molecular weight excluding hydrogens is 328 g/mol. The van der Waals surface area contributed by atoms with E-state index in [2.05, 4.69) is 29.9 Å². The van der Waals surface area contributed by atoms with Crippen LogP contribution in [0.3, 0.4) is 0 Å². The van der Waals surface area contributed by atoms with Crippen molar-refractivity contribution in [2.24, 2.45) is 5.92 Å². The molecule has 1 fully saturated rings. The van der Waals surface area contributed by atoms with Crippen LogP contribution < -0.4 is 9.64 Å². The minimum atomic E-state index is -0.173. The number of hydrogen-bond donors (Lipinski definition) is 0. The summed E-state index contributed by atoms with van der Waals surface area (Å²) in [6.07, 6.45) is 3.64. The van der Waals surface area contributed by atoms with Gasteiger partial charge in [-0.05, 0) is 32.0 Å². The molecule has 1 aliphatic rings. The summed E-state index contributed by atoms with van der Waals surface area (Å²) in [6.45, 7) is 9.13. The van der Waals surface area contributed by atoms with Gasteiger partial charge in [0, 0.05) is 32.0 Å². The van der Waals surface area contributed by atoms with Crippen LogP contribution in [0.5, 0.6) is 5.75 Å². The Bertz CT molecular complexity index is 742. The van der Waals surface area contributed by atoms with Crippen molar-refractivity contribution in [2.75, 3.05) is 31.6 Å². The third kappa shape index (κ3) is 3.69. The van der Waals surface area contributed by atoms with E-state index in [1.54, 1.807) is 13.3 Å². The fourth-order valence-electron chi connectivity index (χ4n) is 3.72. The molecule has 0 bridgehead atoms. The van der Waals surface area contributed by atoms with Crippen molar-refractivity contribution >= 4 is 11.6 Å². The molecule has 140 valence electrons. The van der Waals surface area contributed by atoms with Gasteiger partial charge in [-0.2, -0.15) is 5.10 Å². The molecule has 0 N–H and O–H groups in total. The third-order valence-electron chi connectivity index (χ3n) is 5.03. The first-order valence-corrected chi connectivity index (χ1v) is 9.09. The highest BCUT2D eigenvalue weighted by Crippen LogP contribution is 2.35. The fourth-order valence-corrected chi connectivity index (χ4v) is 3.72. The number of para-hydroxylation sites is 2. The number of piperazine rings is 1. The molecule has 0 aliphatic carbocycles. The van der Waals surface area contributed by atoms with Gasteiger partial charge in [-0.15, -0.1) is 0 Å². The average Bonchev–Trinajstić information content (AvgIpc) is 3.13. The van der Waals surface area contributed by atoms with E-state index in [1.165, 1.54) is 0 Å². The lowest BCUT2D eigenvalue weighted by molar-refractivity contribution is -0.137. The summed E-state index contributed by atoms with van der Waals surface area (Å²) in [6, 6.07) is 9.95.